The quantitative estimate of drug-likeness (QED) is 0.842. The van der Waals surface area contributed by atoms with Crippen LogP contribution in [0, 0.1) is 5.92 Å². The van der Waals surface area contributed by atoms with Crippen LogP contribution in [0.5, 0.6) is 0 Å². The van der Waals surface area contributed by atoms with Gasteiger partial charge >= 0.3 is 0 Å². The standard InChI is InChI=1S/C16H23N5O2/c22-16-7-12(10-20-3-1-2-18-20)6-15(16)17-9-13-8-14-11-23-5-4-21(14)19-13/h1-3,8,12,15-17,22H,4-7,9-11H2/t12?,15-,16-/m1/s1. The molecule has 0 aromatic carbocycles. The number of fused-ring (bicyclic) bond motifs is 1. The molecule has 2 N–H and O–H groups in total. The normalized spacial score (nSPS) is 27.3. The average Bonchev–Trinajstić information content (AvgIpc) is 3.25. The van der Waals surface area contributed by atoms with Gasteiger partial charge in [0.15, 0.2) is 0 Å². The van der Waals surface area contributed by atoms with Crippen molar-refractivity contribution in [3.63, 3.8) is 0 Å². The Bertz CT molecular complexity index is 615. The molecule has 0 spiro atoms. The second-order valence-corrected chi connectivity index (χ2v) is 6.52. The highest BCUT2D eigenvalue weighted by Gasteiger charge is 2.33. The van der Waals surface area contributed by atoms with E-state index in [1.807, 2.05) is 21.6 Å². The van der Waals surface area contributed by atoms with Crippen molar-refractivity contribution in [1.29, 1.82) is 0 Å². The number of nitrogens with one attached hydrogen (secondary N) is 1. The molecule has 7 nitrogen and oxygen atoms in total. The molecule has 1 saturated carbocycles. The zero-order valence-corrected chi connectivity index (χ0v) is 13.1. The van der Waals surface area contributed by atoms with Crippen molar-refractivity contribution in [3.05, 3.63) is 35.9 Å². The van der Waals surface area contributed by atoms with Crippen molar-refractivity contribution in [2.45, 2.75) is 51.2 Å². The highest BCUT2D eigenvalue weighted by atomic mass is 16.5. The Hall–Kier alpha value is -1.70. The molecule has 2 aromatic rings. The summed E-state index contributed by atoms with van der Waals surface area (Å²) in [6.07, 6.45) is 5.27. The SMILES string of the molecule is O[C@@H]1CC(Cn2cccn2)C[C@H]1NCc1cc2n(n1)CCOC2. The third kappa shape index (κ3) is 3.31. The number of aromatic nitrogens is 4. The van der Waals surface area contributed by atoms with Gasteiger partial charge in [-0.15, -0.1) is 0 Å². The summed E-state index contributed by atoms with van der Waals surface area (Å²) in [4.78, 5) is 0. The lowest BCUT2D eigenvalue weighted by Gasteiger charge is -2.15. The maximum Gasteiger partial charge on any atom is 0.0885 e. The zero-order valence-electron chi connectivity index (χ0n) is 13.1. The van der Waals surface area contributed by atoms with E-state index in [4.69, 9.17) is 4.74 Å². The summed E-state index contributed by atoms with van der Waals surface area (Å²) in [6, 6.07) is 4.16. The summed E-state index contributed by atoms with van der Waals surface area (Å²) in [5.74, 6) is 0.464. The minimum atomic E-state index is -0.295. The topological polar surface area (TPSA) is 77.1 Å². The van der Waals surface area contributed by atoms with Gasteiger partial charge in [-0.1, -0.05) is 0 Å². The molecule has 124 valence electrons. The number of hydrogen-bond donors (Lipinski definition) is 2. The molecular formula is C16H23N5O2. The van der Waals surface area contributed by atoms with Crippen LogP contribution in [0.1, 0.15) is 24.2 Å². The van der Waals surface area contributed by atoms with Crippen molar-refractivity contribution < 1.29 is 9.84 Å². The van der Waals surface area contributed by atoms with Crippen molar-refractivity contribution in [2.24, 2.45) is 5.92 Å². The second kappa shape index (κ2) is 6.43. The lowest BCUT2D eigenvalue weighted by Crippen LogP contribution is -2.35. The lowest BCUT2D eigenvalue weighted by atomic mass is 10.1. The van der Waals surface area contributed by atoms with Gasteiger partial charge in [-0.25, -0.2) is 0 Å². The Morgan fingerprint density at radius 3 is 3.17 bits per heavy atom. The number of ether oxygens (including phenoxy) is 1. The maximum absolute atomic E-state index is 10.3. The molecule has 1 fully saturated rings. The number of rotatable bonds is 5. The molecule has 1 unspecified atom stereocenters. The summed E-state index contributed by atoms with van der Waals surface area (Å²) in [6.45, 7) is 3.77. The van der Waals surface area contributed by atoms with Crippen LogP contribution in [0.15, 0.2) is 24.5 Å². The van der Waals surface area contributed by atoms with E-state index in [-0.39, 0.29) is 12.1 Å². The summed E-state index contributed by atoms with van der Waals surface area (Å²) < 4.78 is 9.41. The number of hydrogen-bond acceptors (Lipinski definition) is 5. The smallest absolute Gasteiger partial charge is 0.0885 e. The van der Waals surface area contributed by atoms with Crippen LogP contribution in [-0.4, -0.2) is 43.4 Å². The lowest BCUT2D eigenvalue weighted by molar-refractivity contribution is 0.0800. The number of nitrogens with zero attached hydrogens (tertiary/aromatic N) is 4. The zero-order chi connectivity index (χ0) is 15.6. The van der Waals surface area contributed by atoms with Crippen molar-refractivity contribution in [2.75, 3.05) is 6.61 Å². The predicted molar refractivity (Wildman–Crippen MR) is 83.5 cm³/mol. The van der Waals surface area contributed by atoms with Crippen LogP contribution in [0.3, 0.4) is 0 Å². The monoisotopic (exact) mass is 317 g/mol. The molecule has 0 saturated heterocycles. The van der Waals surface area contributed by atoms with Crippen LogP contribution in [0.2, 0.25) is 0 Å². The van der Waals surface area contributed by atoms with Gasteiger partial charge < -0.3 is 15.2 Å². The molecular weight excluding hydrogens is 294 g/mol. The van der Waals surface area contributed by atoms with E-state index >= 15 is 0 Å². The van der Waals surface area contributed by atoms with Gasteiger partial charge in [0.25, 0.3) is 0 Å². The predicted octanol–water partition coefficient (Wildman–Crippen LogP) is 0.539. The Morgan fingerprint density at radius 1 is 1.39 bits per heavy atom. The second-order valence-electron chi connectivity index (χ2n) is 6.52. The summed E-state index contributed by atoms with van der Waals surface area (Å²) in [5.41, 5.74) is 2.16. The molecule has 3 atom stereocenters. The number of aliphatic hydroxyl groups excluding tert-OH is 1. The van der Waals surface area contributed by atoms with E-state index in [2.05, 4.69) is 21.6 Å². The molecule has 2 aromatic heterocycles. The molecule has 2 aliphatic rings. The molecule has 4 rings (SSSR count). The van der Waals surface area contributed by atoms with E-state index < -0.39 is 0 Å². The Balaban J connectivity index is 1.31. The van der Waals surface area contributed by atoms with Crippen molar-refractivity contribution >= 4 is 0 Å². The molecule has 0 amide bonds. The highest BCUT2D eigenvalue weighted by molar-refractivity contribution is 5.11. The van der Waals surface area contributed by atoms with Gasteiger partial charge in [0.2, 0.25) is 0 Å². The molecule has 0 radical (unpaired) electrons. The third-order valence-corrected chi connectivity index (χ3v) is 4.79. The van der Waals surface area contributed by atoms with Gasteiger partial charge in [0.05, 0.1) is 37.3 Å². The maximum atomic E-state index is 10.3. The van der Waals surface area contributed by atoms with Crippen LogP contribution in [0.4, 0.5) is 0 Å². The van der Waals surface area contributed by atoms with E-state index in [0.717, 1.165) is 43.9 Å². The van der Waals surface area contributed by atoms with Gasteiger partial charge in [0.1, 0.15) is 0 Å². The summed E-state index contributed by atoms with van der Waals surface area (Å²) in [7, 11) is 0. The van der Waals surface area contributed by atoms with E-state index in [1.165, 1.54) is 0 Å². The fraction of sp³-hybridized carbons (Fsp3) is 0.625. The van der Waals surface area contributed by atoms with Gasteiger partial charge in [-0.2, -0.15) is 10.2 Å². The first-order chi connectivity index (χ1) is 11.3. The molecule has 23 heavy (non-hydrogen) atoms. The summed E-state index contributed by atoms with van der Waals surface area (Å²) >= 11 is 0. The van der Waals surface area contributed by atoms with Gasteiger partial charge in [-0.3, -0.25) is 9.36 Å². The Kier molecular flexibility index (Phi) is 4.15. The summed E-state index contributed by atoms with van der Waals surface area (Å²) in [5, 5.41) is 22.6. The fourth-order valence-electron chi connectivity index (χ4n) is 3.63. The van der Waals surface area contributed by atoms with Gasteiger partial charge in [-0.05, 0) is 30.9 Å². The van der Waals surface area contributed by atoms with E-state index in [1.54, 1.807) is 6.20 Å². The van der Waals surface area contributed by atoms with E-state index in [0.29, 0.717) is 19.1 Å². The van der Waals surface area contributed by atoms with Crippen LogP contribution in [-0.2, 0) is 31.0 Å². The van der Waals surface area contributed by atoms with Crippen LogP contribution < -0.4 is 5.32 Å². The van der Waals surface area contributed by atoms with Crippen LogP contribution in [0.25, 0.3) is 0 Å². The van der Waals surface area contributed by atoms with Crippen molar-refractivity contribution in [1.82, 2.24) is 24.9 Å². The highest BCUT2D eigenvalue weighted by Crippen LogP contribution is 2.27. The molecule has 1 aliphatic heterocycles. The van der Waals surface area contributed by atoms with E-state index in [9.17, 15) is 5.11 Å². The first-order valence-corrected chi connectivity index (χ1v) is 8.30. The Labute approximate surface area is 135 Å². The minimum Gasteiger partial charge on any atom is -0.391 e. The minimum absolute atomic E-state index is 0.130. The first-order valence-electron chi connectivity index (χ1n) is 8.30. The van der Waals surface area contributed by atoms with Gasteiger partial charge in [0, 0.05) is 31.5 Å². The molecule has 7 heteroatoms. The molecule has 1 aliphatic carbocycles. The third-order valence-electron chi connectivity index (χ3n) is 4.79. The largest absolute Gasteiger partial charge is 0.391 e. The molecule has 3 heterocycles. The molecule has 0 bridgehead atoms. The van der Waals surface area contributed by atoms with Crippen molar-refractivity contribution in [3.8, 4) is 0 Å². The van der Waals surface area contributed by atoms with Crippen LogP contribution >= 0.6 is 0 Å². The number of aliphatic hydroxyl groups is 1. The average molecular weight is 317 g/mol. The fourth-order valence-corrected chi connectivity index (χ4v) is 3.63. The first kappa shape index (κ1) is 14.9. The Morgan fingerprint density at radius 2 is 2.35 bits per heavy atom.